The number of halogens is 1. The number of carbonyl (C=O) groups is 1. The molecule has 1 aliphatic heterocycles. The molecule has 0 radical (unpaired) electrons. The van der Waals surface area contributed by atoms with Gasteiger partial charge in [-0.3, -0.25) is 14.9 Å². The van der Waals surface area contributed by atoms with E-state index in [1.807, 2.05) is 0 Å². The Morgan fingerprint density at radius 2 is 2.14 bits per heavy atom. The fourth-order valence-electron chi connectivity index (χ4n) is 2.31. The summed E-state index contributed by atoms with van der Waals surface area (Å²) in [5.74, 6) is -0.292. The molecule has 0 saturated carbocycles. The molecule has 1 aliphatic rings. The van der Waals surface area contributed by atoms with E-state index in [0.717, 1.165) is 12.8 Å². The van der Waals surface area contributed by atoms with Gasteiger partial charge in [0.05, 0.1) is 10.5 Å². The summed E-state index contributed by atoms with van der Waals surface area (Å²) >= 11 is 3.44. The Kier molecular flexibility index (Phi) is 4.95. The van der Waals surface area contributed by atoms with Crippen molar-refractivity contribution in [2.75, 3.05) is 18.5 Å². The molecule has 1 fully saturated rings. The molecule has 1 aromatic rings. The van der Waals surface area contributed by atoms with Crippen molar-refractivity contribution in [3.05, 3.63) is 39.4 Å². The van der Waals surface area contributed by atoms with Gasteiger partial charge in [0.2, 0.25) is 0 Å². The fourth-order valence-corrected chi connectivity index (χ4v) is 3.02. The number of alkyl halides is 1. The predicted molar refractivity (Wildman–Crippen MR) is 81.9 cm³/mol. The normalized spacial score (nSPS) is 17.2. The smallest absolute Gasteiger partial charge is 0.273 e. The molecule has 0 bridgehead atoms. The van der Waals surface area contributed by atoms with Gasteiger partial charge >= 0.3 is 0 Å². The highest BCUT2D eigenvalue weighted by Crippen LogP contribution is 2.25. The molecular weight excluding hydrogens is 340 g/mol. The minimum Gasteiger partial charge on any atom is -0.381 e. The van der Waals surface area contributed by atoms with Crippen molar-refractivity contribution in [1.82, 2.24) is 5.32 Å². The lowest BCUT2D eigenvalue weighted by Crippen LogP contribution is -2.53. The number of aryl methyl sites for hydroxylation is 1. The van der Waals surface area contributed by atoms with Gasteiger partial charge in [-0.25, -0.2) is 0 Å². The molecule has 0 unspecified atom stereocenters. The molecule has 2 rings (SSSR count). The summed E-state index contributed by atoms with van der Waals surface area (Å²) in [6.45, 7) is 2.85. The zero-order valence-corrected chi connectivity index (χ0v) is 13.3. The van der Waals surface area contributed by atoms with Crippen LogP contribution in [0.5, 0.6) is 0 Å². The zero-order valence-electron chi connectivity index (χ0n) is 11.7. The molecule has 21 heavy (non-hydrogen) atoms. The van der Waals surface area contributed by atoms with E-state index in [2.05, 4.69) is 21.2 Å². The van der Waals surface area contributed by atoms with Crippen LogP contribution in [0.3, 0.4) is 0 Å². The van der Waals surface area contributed by atoms with Crippen LogP contribution in [0.2, 0.25) is 0 Å². The maximum Gasteiger partial charge on any atom is 0.273 e. The number of ether oxygens (including phenoxy) is 1. The summed E-state index contributed by atoms with van der Waals surface area (Å²) in [4.78, 5) is 22.9. The highest BCUT2D eigenvalue weighted by Gasteiger charge is 2.33. The monoisotopic (exact) mass is 356 g/mol. The van der Waals surface area contributed by atoms with Crippen LogP contribution in [-0.2, 0) is 4.74 Å². The van der Waals surface area contributed by atoms with Gasteiger partial charge in [-0.2, -0.15) is 0 Å². The highest BCUT2D eigenvalue weighted by molar-refractivity contribution is 9.09. The summed E-state index contributed by atoms with van der Waals surface area (Å²) < 4.78 is 5.32. The standard InChI is InChI=1S/C14H17BrN2O4/c1-10-2-3-11(8-12(10)17(19)20)13(18)16-14(9-15)4-6-21-7-5-14/h2-3,8H,4-7,9H2,1H3,(H,16,18). The Labute approximate surface area is 131 Å². The van der Waals surface area contributed by atoms with Crippen LogP contribution in [0.25, 0.3) is 0 Å². The molecular formula is C14H17BrN2O4. The Morgan fingerprint density at radius 3 is 2.71 bits per heavy atom. The highest BCUT2D eigenvalue weighted by atomic mass is 79.9. The third-order valence-corrected chi connectivity index (χ3v) is 4.83. The summed E-state index contributed by atoms with van der Waals surface area (Å²) in [7, 11) is 0. The average Bonchev–Trinajstić information content (AvgIpc) is 2.48. The van der Waals surface area contributed by atoms with E-state index in [1.54, 1.807) is 19.1 Å². The van der Waals surface area contributed by atoms with E-state index in [4.69, 9.17) is 4.74 Å². The molecule has 1 saturated heterocycles. The minimum absolute atomic E-state index is 0.0393. The van der Waals surface area contributed by atoms with Gasteiger partial charge in [0.25, 0.3) is 11.6 Å². The molecule has 1 heterocycles. The van der Waals surface area contributed by atoms with Gasteiger partial charge in [0.1, 0.15) is 0 Å². The summed E-state index contributed by atoms with van der Waals surface area (Å²) in [5, 5.41) is 14.6. The topological polar surface area (TPSA) is 81.5 Å². The first-order valence-electron chi connectivity index (χ1n) is 6.69. The van der Waals surface area contributed by atoms with Crippen LogP contribution >= 0.6 is 15.9 Å². The average molecular weight is 357 g/mol. The van der Waals surface area contributed by atoms with E-state index in [-0.39, 0.29) is 17.1 Å². The fraction of sp³-hybridized carbons (Fsp3) is 0.500. The second-order valence-corrected chi connectivity index (χ2v) is 5.80. The van der Waals surface area contributed by atoms with Crippen molar-refractivity contribution in [3.63, 3.8) is 0 Å². The third-order valence-electron chi connectivity index (χ3n) is 3.75. The number of benzene rings is 1. The van der Waals surface area contributed by atoms with Gasteiger partial charge in [-0.1, -0.05) is 22.0 Å². The minimum atomic E-state index is -0.471. The van der Waals surface area contributed by atoms with E-state index in [1.165, 1.54) is 6.07 Å². The summed E-state index contributed by atoms with van der Waals surface area (Å²) in [6.07, 6.45) is 1.44. The maximum absolute atomic E-state index is 12.4. The lowest BCUT2D eigenvalue weighted by atomic mass is 9.92. The lowest BCUT2D eigenvalue weighted by Gasteiger charge is -2.36. The Balaban J connectivity index is 2.20. The van der Waals surface area contributed by atoms with Gasteiger partial charge in [-0.15, -0.1) is 0 Å². The largest absolute Gasteiger partial charge is 0.381 e. The van der Waals surface area contributed by atoms with E-state index in [0.29, 0.717) is 29.7 Å². The summed E-state index contributed by atoms with van der Waals surface area (Å²) in [5.41, 5.74) is 0.453. The number of nitro benzene ring substituents is 1. The van der Waals surface area contributed by atoms with E-state index < -0.39 is 4.92 Å². The first-order valence-corrected chi connectivity index (χ1v) is 7.81. The van der Waals surface area contributed by atoms with Crippen molar-refractivity contribution >= 4 is 27.5 Å². The first kappa shape index (κ1) is 15.9. The van der Waals surface area contributed by atoms with Crippen molar-refractivity contribution in [3.8, 4) is 0 Å². The Bertz CT molecular complexity index is 556. The van der Waals surface area contributed by atoms with Gasteiger partial charge in [-0.05, 0) is 25.8 Å². The molecule has 0 aromatic heterocycles. The second kappa shape index (κ2) is 6.53. The SMILES string of the molecule is Cc1ccc(C(=O)NC2(CBr)CCOCC2)cc1[N+](=O)[O-]. The molecule has 114 valence electrons. The number of rotatable bonds is 4. The van der Waals surface area contributed by atoms with Gasteiger partial charge in [0, 0.05) is 35.7 Å². The molecule has 0 atom stereocenters. The predicted octanol–water partition coefficient (Wildman–Crippen LogP) is 2.58. The van der Waals surface area contributed by atoms with Crippen molar-refractivity contribution in [1.29, 1.82) is 0 Å². The van der Waals surface area contributed by atoms with Gasteiger partial charge < -0.3 is 10.1 Å². The molecule has 0 aliphatic carbocycles. The quantitative estimate of drug-likeness (QED) is 0.510. The number of nitrogens with one attached hydrogen (secondary N) is 1. The van der Waals surface area contributed by atoms with Crippen molar-refractivity contribution in [2.24, 2.45) is 0 Å². The van der Waals surface area contributed by atoms with Crippen LogP contribution in [-0.4, -0.2) is 34.9 Å². The lowest BCUT2D eigenvalue weighted by molar-refractivity contribution is -0.385. The number of hydrogen-bond donors (Lipinski definition) is 1. The number of amides is 1. The maximum atomic E-state index is 12.4. The van der Waals surface area contributed by atoms with Crippen LogP contribution in [0.4, 0.5) is 5.69 Å². The molecule has 7 heteroatoms. The van der Waals surface area contributed by atoms with Gasteiger partial charge in [0.15, 0.2) is 0 Å². The van der Waals surface area contributed by atoms with E-state index >= 15 is 0 Å². The summed E-state index contributed by atoms with van der Waals surface area (Å²) in [6, 6.07) is 4.53. The van der Waals surface area contributed by atoms with Crippen LogP contribution in [0, 0.1) is 17.0 Å². The molecule has 1 aromatic carbocycles. The number of hydrogen-bond acceptors (Lipinski definition) is 4. The van der Waals surface area contributed by atoms with Crippen LogP contribution < -0.4 is 5.32 Å². The number of carbonyl (C=O) groups excluding carboxylic acids is 1. The van der Waals surface area contributed by atoms with Crippen LogP contribution in [0.1, 0.15) is 28.8 Å². The number of nitrogens with zero attached hydrogens (tertiary/aromatic N) is 1. The molecule has 1 amide bonds. The van der Waals surface area contributed by atoms with E-state index in [9.17, 15) is 14.9 Å². The van der Waals surface area contributed by atoms with Crippen molar-refractivity contribution in [2.45, 2.75) is 25.3 Å². The molecule has 0 spiro atoms. The molecule has 1 N–H and O–H groups in total. The Morgan fingerprint density at radius 1 is 1.48 bits per heavy atom. The molecule has 6 nitrogen and oxygen atoms in total. The third kappa shape index (κ3) is 3.59. The van der Waals surface area contributed by atoms with Crippen molar-refractivity contribution < 1.29 is 14.5 Å². The number of nitro groups is 1. The first-order chi connectivity index (χ1) is 9.97. The van der Waals surface area contributed by atoms with Crippen LogP contribution in [0.15, 0.2) is 18.2 Å². The zero-order chi connectivity index (χ0) is 15.5. The second-order valence-electron chi connectivity index (χ2n) is 5.24. The Hall–Kier alpha value is -1.47.